The molecule has 0 saturated carbocycles. The Balaban J connectivity index is 3.23. The highest BCUT2D eigenvalue weighted by molar-refractivity contribution is 6.38. The van der Waals surface area contributed by atoms with Crippen LogP contribution in [0.15, 0.2) is 0 Å². The minimum Gasteiger partial charge on any atom is -0.294 e. The fourth-order valence-corrected chi connectivity index (χ4v) is 1.18. The molecular weight excluding hydrogens is 175 g/mol. The molecule has 3 nitrogen and oxygen atoms in total. The van der Waals surface area contributed by atoms with Crippen LogP contribution in [0.5, 0.6) is 0 Å². The number of hydrogen-bond donors (Lipinski definition) is 1. The van der Waals surface area contributed by atoms with Crippen LogP contribution in [-0.2, 0) is 0 Å². The molecule has 0 aromatic carbocycles. The number of carbonyl (C=O) groups excluding carboxylic acids is 1. The molecule has 0 amide bonds. The lowest BCUT2D eigenvalue weighted by Crippen LogP contribution is -1.90. The Labute approximate surface area is 67.3 Å². The highest BCUT2D eigenvalue weighted by Crippen LogP contribution is 2.20. The predicted octanol–water partition coefficient (Wildman–Crippen LogP) is 1.92. The maximum atomic E-state index is 10.7. The van der Waals surface area contributed by atoms with E-state index in [2.05, 4.69) is 10.2 Å². The van der Waals surface area contributed by atoms with E-state index >= 15 is 0 Å². The van der Waals surface area contributed by atoms with E-state index in [4.69, 9.17) is 23.2 Å². The van der Waals surface area contributed by atoms with Gasteiger partial charge in [-0.1, -0.05) is 23.2 Å². The average molecular weight is 179 g/mol. The van der Waals surface area contributed by atoms with Gasteiger partial charge in [-0.25, -0.2) is 0 Å². The third-order valence-electron chi connectivity index (χ3n) is 1.03. The first-order chi connectivity index (χ1) is 4.63. The molecule has 54 valence electrons. The Bertz CT molecular complexity index is 249. The molecule has 0 fully saturated rings. The Kier molecular flexibility index (Phi) is 1.97. The topological polar surface area (TPSA) is 45.8 Å². The van der Waals surface area contributed by atoms with Gasteiger partial charge in [0, 0.05) is 0 Å². The number of ketones is 1. The number of rotatable bonds is 1. The third kappa shape index (κ3) is 1.15. The first kappa shape index (κ1) is 7.57. The zero-order valence-corrected chi connectivity index (χ0v) is 6.62. The van der Waals surface area contributed by atoms with Crippen LogP contribution >= 0.6 is 23.2 Å². The van der Waals surface area contributed by atoms with Crippen LogP contribution in [0.25, 0.3) is 0 Å². The van der Waals surface area contributed by atoms with E-state index in [0.717, 1.165) is 0 Å². The molecule has 0 saturated heterocycles. The molecule has 0 aliphatic rings. The SMILES string of the molecule is CC(=O)c1c(Cl)n[nH]c1Cl. The summed E-state index contributed by atoms with van der Waals surface area (Å²) < 4.78 is 0. The van der Waals surface area contributed by atoms with E-state index in [1.54, 1.807) is 0 Å². The van der Waals surface area contributed by atoms with Crippen molar-refractivity contribution in [3.05, 3.63) is 15.9 Å². The summed E-state index contributed by atoms with van der Waals surface area (Å²) in [6, 6.07) is 0. The smallest absolute Gasteiger partial charge is 0.166 e. The van der Waals surface area contributed by atoms with E-state index < -0.39 is 0 Å². The molecule has 0 atom stereocenters. The second-order valence-electron chi connectivity index (χ2n) is 1.76. The predicted molar refractivity (Wildman–Crippen MR) is 38.6 cm³/mol. The number of hydrogen-bond acceptors (Lipinski definition) is 2. The summed E-state index contributed by atoms with van der Waals surface area (Å²) in [4.78, 5) is 10.7. The lowest BCUT2D eigenvalue weighted by Gasteiger charge is -1.87. The summed E-state index contributed by atoms with van der Waals surface area (Å²) in [6.45, 7) is 1.38. The molecule has 5 heteroatoms. The molecule has 0 unspecified atom stereocenters. The standard InChI is InChI=1S/C5H4Cl2N2O/c1-2(10)3-4(6)8-9-5(3)7/h1H3,(H,8,9). The summed E-state index contributed by atoms with van der Waals surface area (Å²) in [5, 5.41) is 6.22. The van der Waals surface area contributed by atoms with Crippen LogP contribution in [0, 0.1) is 0 Å². The third-order valence-corrected chi connectivity index (χ3v) is 1.58. The van der Waals surface area contributed by atoms with Crippen molar-refractivity contribution in [2.45, 2.75) is 6.92 Å². The number of aromatic nitrogens is 2. The second kappa shape index (κ2) is 2.60. The fourth-order valence-electron chi connectivity index (χ4n) is 0.600. The Morgan fingerprint density at radius 3 is 2.40 bits per heavy atom. The maximum Gasteiger partial charge on any atom is 0.166 e. The minimum atomic E-state index is -0.191. The van der Waals surface area contributed by atoms with Gasteiger partial charge in [-0.2, -0.15) is 5.10 Å². The number of carbonyl (C=O) groups is 1. The van der Waals surface area contributed by atoms with Gasteiger partial charge in [0.15, 0.2) is 10.9 Å². The van der Waals surface area contributed by atoms with Crippen molar-refractivity contribution in [3.63, 3.8) is 0 Å². The van der Waals surface area contributed by atoms with Crippen LogP contribution in [0.4, 0.5) is 0 Å². The van der Waals surface area contributed by atoms with Crippen molar-refractivity contribution in [3.8, 4) is 0 Å². The summed E-state index contributed by atoms with van der Waals surface area (Å²) in [6.07, 6.45) is 0. The lowest BCUT2D eigenvalue weighted by atomic mass is 10.3. The molecule has 0 aliphatic carbocycles. The molecule has 0 spiro atoms. The zero-order valence-electron chi connectivity index (χ0n) is 5.11. The van der Waals surface area contributed by atoms with Crippen LogP contribution < -0.4 is 0 Å². The fraction of sp³-hybridized carbons (Fsp3) is 0.200. The number of nitrogens with zero attached hydrogens (tertiary/aromatic N) is 1. The van der Waals surface area contributed by atoms with Gasteiger partial charge in [-0.3, -0.25) is 9.89 Å². The Hall–Kier alpha value is -0.540. The molecule has 1 rings (SSSR count). The van der Waals surface area contributed by atoms with Gasteiger partial charge in [0.25, 0.3) is 0 Å². The molecule has 1 aromatic rings. The minimum absolute atomic E-state index is 0.123. The van der Waals surface area contributed by atoms with E-state index in [1.165, 1.54) is 6.92 Å². The number of nitrogens with one attached hydrogen (secondary N) is 1. The van der Waals surface area contributed by atoms with Gasteiger partial charge in [0.1, 0.15) is 5.15 Å². The van der Waals surface area contributed by atoms with Crippen LogP contribution in [0.1, 0.15) is 17.3 Å². The van der Waals surface area contributed by atoms with Crippen molar-refractivity contribution < 1.29 is 4.79 Å². The molecule has 1 N–H and O–H groups in total. The maximum absolute atomic E-state index is 10.7. The first-order valence-electron chi connectivity index (χ1n) is 2.53. The summed E-state index contributed by atoms with van der Waals surface area (Å²) in [7, 11) is 0. The first-order valence-corrected chi connectivity index (χ1v) is 3.29. The van der Waals surface area contributed by atoms with Crippen LogP contribution in [-0.4, -0.2) is 16.0 Å². The quantitative estimate of drug-likeness (QED) is 0.669. The number of H-pyrrole nitrogens is 1. The molecular formula is C5H4Cl2N2O. The van der Waals surface area contributed by atoms with Gasteiger partial charge in [0.05, 0.1) is 5.56 Å². The normalized spacial score (nSPS) is 9.90. The van der Waals surface area contributed by atoms with Gasteiger partial charge in [0.2, 0.25) is 0 Å². The van der Waals surface area contributed by atoms with Gasteiger partial charge < -0.3 is 0 Å². The molecule has 0 bridgehead atoms. The molecule has 1 heterocycles. The van der Waals surface area contributed by atoms with Crippen molar-refractivity contribution in [1.82, 2.24) is 10.2 Å². The summed E-state index contributed by atoms with van der Waals surface area (Å²) >= 11 is 11.0. The average Bonchev–Trinajstić information content (AvgIpc) is 2.11. The Morgan fingerprint density at radius 2 is 2.20 bits per heavy atom. The van der Waals surface area contributed by atoms with E-state index in [0.29, 0.717) is 0 Å². The van der Waals surface area contributed by atoms with Crippen molar-refractivity contribution >= 4 is 29.0 Å². The highest BCUT2D eigenvalue weighted by atomic mass is 35.5. The monoisotopic (exact) mass is 178 g/mol. The number of halogens is 2. The summed E-state index contributed by atoms with van der Waals surface area (Å²) in [5.41, 5.74) is 0.253. The number of aromatic amines is 1. The van der Waals surface area contributed by atoms with Crippen LogP contribution in [0.2, 0.25) is 10.3 Å². The van der Waals surface area contributed by atoms with Gasteiger partial charge in [-0.15, -0.1) is 0 Å². The zero-order chi connectivity index (χ0) is 7.72. The molecule has 0 radical (unpaired) electrons. The van der Waals surface area contributed by atoms with E-state index in [-0.39, 0.29) is 21.7 Å². The van der Waals surface area contributed by atoms with Crippen molar-refractivity contribution in [2.75, 3.05) is 0 Å². The summed E-state index contributed by atoms with van der Waals surface area (Å²) in [5.74, 6) is -0.191. The van der Waals surface area contributed by atoms with Gasteiger partial charge in [-0.05, 0) is 6.92 Å². The molecule has 1 aromatic heterocycles. The van der Waals surface area contributed by atoms with Crippen LogP contribution in [0.3, 0.4) is 0 Å². The molecule has 10 heavy (non-hydrogen) atoms. The highest BCUT2D eigenvalue weighted by Gasteiger charge is 2.13. The van der Waals surface area contributed by atoms with Crippen molar-refractivity contribution in [1.29, 1.82) is 0 Å². The van der Waals surface area contributed by atoms with E-state index in [1.807, 2.05) is 0 Å². The largest absolute Gasteiger partial charge is 0.294 e. The van der Waals surface area contributed by atoms with E-state index in [9.17, 15) is 4.79 Å². The van der Waals surface area contributed by atoms with Crippen molar-refractivity contribution in [2.24, 2.45) is 0 Å². The van der Waals surface area contributed by atoms with Gasteiger partial charge >= 0.3 is 0 Å². The molecule has 0 aliphatic heterocycles. The second-order valence-corrected chi connectivity index (χ2v) is 2.50. The lowest BCUT2D eigenvalue weighted by molar-refractivity contribution is 0.101. The number of Topliss-reactive ketones (excluding diaryl/α,β-unsaturated/α-hetero) is 1. The Morgan fingerprint density at radius 1 is 1.60 bits per heavy atom.